The van der Waals surface area contributed by atoms with E-state index in [0.29, 0.717) is 18.6 Å². The topological polar surface area (TPSA) is 75.4 Å². The van der Waals surface area contributed by atoms with Gasteiger partial charge in [-0.15, -0.1) is 0 Å². The second-order valence-electron chi connectivity index (χ2n) is 5.00. The van der Waals surface area contributed by atoms with Crippen molar-refractivity contribution in [1.82, 2.24) is 0 Å². The van der Waals surface area contributed by atoms with Gasteiger partial charge in [0.25, 0.3) is 5.69 Å². The zero-order valence-corrected chi connectivity index (χ0v) is 10.8. The first-order chi connectivity index (χ1) is 9.52. The van der Waals surface area contributed by atoms with Crippen molar-refractivity contribution in [3.63, 3.8) is 0 Å². The summed E-state index contributed by atoms with van der Waals surface area (Å²) in [5, 5.41) is 22.3. The lowest BCUT2D eigenvalue weighted by atomic mass is 9.99. The van der Waals surface area contributed by atoms with Gasteiger partial charge in [-0.05, 0) is 25.2 Å². The van der Waals surface area contributed by atoms with Crippen molar-refractivity contribution in [3.8, 4) is 0 Å². The van der Waals surface area contributed by atoms with Crippen LogP contribution in [-0.4, -0.2) is 22.7 Å². The molecule has 0 heterocycles. The Labute approximate surface area is 114 Å². The van der Waals surface area contributed by atoms with Crippen molar-refractivity contribution >= 4 is 11.4 Å². The first-order valence-electron chi connectivity index (χ1n) is 6.53. The van der Waals surface area contributed by atoms with E-state index in [0.717, 1.165) is 19.3 Å². The molecule has 5 nitrogen and oxygen atoms in total. The molecule has 0 saturated heterocycles. The molecule has 7 heteroatoms. The molecule has 1 fully saturated rings. The minimum Gasteiger partial charge on any atom is -0.396 e. The summed E-state index contributed by atoms with van der Waals surface area (Å²) in [6, 6.07) is 1.30. The molecule has 0 spiro atoms. The van der Waals surface area contributed by atoms with Crippen LogP contribution in [0.5, 0.6) is 0 Å². The largest absolute Gasteiger partial charge is 0.396 e. The van der Waals surface area contributed by atoms with Crippen LogP contribution in [0.1, 0.15) is 25.7 Å². The lowest BCUT2D eigenvalue weighted by Gasteiger charge is -2.22. The maximum absolute atomic E-state index is 13.8. The van der Waals surface area contributed by atoms with Crippen LogP contribution in [0, 0.1) is 27.7 Å². The van der Waals surface area contributed by atoms with Gasteiger partial charge in [0.2, 0.25) is 0 Å². The third-order valence-electron chi connectivity index (χ3n) is 3.73. The molecule has 1 aromatic carbocycles. The molecule has 2 unspecified atom stereocenters. The van der Waals surface area contributed by atoms with E-state index < -0.39 is 22.2 Å². The molecule has 110 valence electrons. The third-order valence-corrected chi connectivity index (χ3v) is 3.73. The maximum atomic E-state index is 13.8. The van der Waals surface area contributed by atoms with E-state index in [-0.39, 0.29) is 24.3 Å². The average molecular weight is 286 g/mol. The monoisotopic (exact) mass is 286 g/mol. The number of benzene rings is 1. The SMILES string of the molecule is O=[N+]([O-])c1cc(F)c(NC2CCCC2CCO)c(F)c1. The van der Waals surface area contributed by atoms with Gasteiger partial charge in [-0.2, -0.15) is 0 Å². The van der Waals surface area contributed by atoms with E-state index in [2.05, 4.69) is 5.32 Å². The molecule has 2 rings (SSSR count). The van der Waals surface area contributed by atoms with E-state index in [1.807, 2.05) is 0 Å². The van der Waals surface area contributed by atoms with Crippen molar-refractivity contribution in [2.75, 3.05) is 11.9 Å². The number of anilines is 1. The molecule has 2 atom stereocenters. The summed E-state index contributed by atoms with van der Waals surface area (Å²) >= 11 is 0. The summed E-state index contributed by atoms with van der Waals surface area (Å²) in [6.45, 7) is 0.0358. The number of nitrogens with zero attached hydrogens (tertiary/aromatic N) is 1. The first-order valence-corrected chi connectivity index (χ1v) is 6.53. The number of hydrogen-bond donors (Lipinski definition) is 2. The summed E-state index contributed by atoms with van der Waals surface area (Å²) in [6.07, 6.45) is 3.17. The Morgan fingerprint density at radius 3 is 2.55 bits per heavy atom. The van der Waals surface area contributed by atoms with E-state index in [1.165, 1.54) is 0 Å². The highest BCUT2D eigenvalue weighted by molar-refractivity contribution is 5.52. The molecule has 0 radical (unpaired) electrons. The van der Waals surface area contributed by atoms with Crippen molar-refractivity contribution < 1.29 is 18.8 Å². The molecule has 0 aromatic heterocycles. The fourth-order valence-electron chi connectivity index (χ4n) is 2.73. The zero-order valence-electron chi connectivity index (χ0n) is 10.8. The number of nitrogens with one attached hydrogen (secondary N) is 1. The van der Waals surface area contributed by atoms with Gasteiger partial charge in [0.1, 0.15) is 5.69 Å². The van der Waals surface area contributed by atoms with Gasteiger partial charge in [0, 0.05) is 12.6 Å². The van der Waals surface area contributed by atoms with Crippen LogP contribution < -0.4 is 5.32 Å². The van der Waals surface area contributed by atoms with Crippen LogP contribution in [0.3, 0.4) is 0 Å². The minimum atomic E-state index is -0.966. The molecule has 1 aliphatic rings. The van der Waals surface area contributed by atoms with Crippen LogP contribution in [-0.2, 0) is 0 Å². The van der Waals surface area contributed by atoms with Crippen LogP contribution in [0.15, 0.2) is 12.1 Å². The molecular formula is C13H16F2N2O3. The fourth-order valence-corrected chi connectivity index (χ4v) is 2.73. The minimum absolute atomic E-state index is 0.0358. The predicted molar refractivity (Wildman–Crippen MR) is 69.5 cm³/mol. The lowest BCUT2D eigenvalue weighted by molar-refractivity contribution is -0.385. The summed E-state index contributed by atoms with van der Waals surface area (Å²) < 4.78 is 27.6. The first kappa shape index (κ1) is 14.6. The van der Waals surface area contributed by atoms with Gasteiger partial charge < -0.3 is 10.4 Å². The van der Waals surface area contributed by atoms with E-state index >= 15 is 0 Å². The van der Waals surface area contributed by atoms with Gasteiger partial charge in [-0.1, -0.05) is 6.42 Å². The molecule has 1 aromatic rings. The Bertz CT molecular complexity index is 487. The van der Waals surface area contributed by atoms with E-state index in [9.17, 15) is 18.9 Å². The molecule has 1 saturated carbocycles. The average Bonchev–Trinajstić information content (AvgIpc) is 2.81. The smallest absolute Gasteiger partial charge is 0.275 e. The van der Waals surface area contributed by atoms with Crippen molar-refractivity contribution in [2.45, 2.75) is 31.7 Å². The number of aliphatic hydroxyl groups excluding tert-OH is 1. The number of nitro groups is 1. The van der Waals surface area contributed by atoms with Gasteiger partial charge in [-0.25, -0.2) is 8.78 Å². The van der Waals surface area contributed by atoms with E-state index in [1.54, 1.807) is 0 Å². The molecule has 0 aliphatic heterocycles. The molecule has 20 heavy (non-hydrogen) atoms. The van der Waals surface area contributed by atoms with E-state index in [4.69, 9.17) is 5.11 Å². The van der Waals surface area contributed by atoms with Gasteiger partial charge in [-0.3, -0.25) is 10.1 Å². The van der Waals surface area contributed by atoms with Gasteiger partial charge in [0.05, 0.1) is 17.1 Å². The Morgan fingerprint density at radius 1 is 1.35 bits per heavy atom. The van der Waals surface area contributed by atoms with Crippen molar-refractivity contribution in [3.05, 3.63) is 33.9 Å². The highest BCUT2D eigenvalue weighted by Gasteiger charge is 2.28. The van der Waals surface area contributed by atoms with Crippen molar-refractivity contribution in [1.29, 1.82) is 0 Å². The second kappa shape index (κ2) is 6.13. The highest BCUT2D eigenvalue weighted by atomic mass is 19.1. The number of aliphatic hydroxyl groups is 1. The summed E-state index contributed by atoms with van der Waals surface area (Å²) in [4.78, 5) is 9.69. The molecular weight excluding hydrogens is 270 g/mol. The van der Waals surface area contributed by atoms with Gasteiger partial charge in [0.15, 0.2) is 11.6 Å². The molecule has 0 bridgehead atoms. The molecule has 2 N–H and O–H groups in total. The standard InChI is InChI=1S/C13H16F2N2O3/c14-10-6-9(17(19)20)7-11(15)13(10)16-12-3-1-2-8(12)4-5-18/h6-8,12,16,18H,1-5H2. The lowest BCUT2D eigenvalue weighted by Crippen LogP contribution is -2.25. The Kier molecular flexibility index (Phi) is 4.49. The number of rotatable bonds is 5. The fraction of sp³-hybridized carbons (Fsp3) is 0.538. The summed E-state index contributed by atoms with van der Waals surface area (Å²) in [5.41, 5.74) is -0.936. The number of halogens is 2. The number of non-ortho nitro benzene ring substituents is 1. The van der Waals surface area contributed by atoms with Crippen LogP contribution >= 0.6 is 0 Å². The normalized spacial score (nSPS) is 21.9. The maximum Gasteiger partial charge on any atom is 0.275 e. The molecule has 1 aliphatic carbocycles. The quantitative estimate of drug-likeness (QED) is 0.644. The van der Waals surface area contributed by atoms with Gasteiger partial charge >= 0.3 is 0 Å². The van der Waals surface area contributed by atoms with Crippen molar-refractivity contribution in [2.24, 2.45) is 5.92 Å². The predicted octanol–water partition coefficient (Wildman–Crippen LogP) is 2.84. The third kappa shape index (κ3) is 3.04. The Hall–Kier alpha value is -1.76. The number of hydrogen-bond acceptors (Lipinski definition) is 4. The summed E-state index contributed by atoms with van der Waals surface area (Å²) in [7, 11) is 0. The van der Waals surface area contributed by atoms with Crippen LogP contribution in [0.25, 0.3) is 0 Å². The molecule has 0 amide bonds. The highest BCUT2D eigenvalue weighted by Crippen LogP contribution is 2.33. The van der Waals surface area contributed by atoms with Crippen LogP contribution in [0.4, 0.5) is 20.2 Å². The summed E-state index contributed by atoms with van der Waals surface area (Å²) in [5.74, 6) is -1.77. The Morgan fingerprint density at radius 2 is 2.00 bits per heavy atom. The Balaban J connectivity index is 2.19. The zero-order chi connectivity index (χ0) is 14.7. The number of nitro benzene ring substituents is 1. The second-order valence-corrected chi connectivity index (χ2v) is 5.00. The van der Waals surface area contributed by atoms with Crippen LogP contribution in [0.2, 0.25) is 0 Å².